The number of nitrogens with one attached hydrogen (secondary N) is 1. The molecule has 0 saturated heterocycles. The maximum absolute atomic E-state index is 8.42. The summed E-state index contributed by atoms with van der Waals surface area (Å²) >= 11 is 0. The second-order valence-corrected chi connectivity index (χ2v) is 3.55. The largest absolute Gasteiger partial charge is 0.396 e. The molecule has 0 aromatic carbocycles. The third-order valence-electron chi connectivity index (χ3n) is 0.987. The smallest absolute Gasteiger partial charge is 0.183 e. The summed E-state index contributed by atoms with van der Waals surface area (Å²) in [6, 6.07) is 0. The highest BCUT2D eigenvalue weighted by molar-refractivity contribution is 5.71. The van der Waals surface area contributed by atoms with Crippen LogP contribution in [0.25, 0.3) is 0 Å². The summed E-state index contributed by atoms with van der Waals surface area (Å²) in [6.07, 6.45) is 0.906. The predicted octanol–water partition coefficient (Wildman–Crippen LogP) is -1.09. The highest BCUT2D eigenvalue weighted by atomic mass is 16.3. The Balaban J connectivity index is 0. The Morgan fingerprint density at radius 1 is 1.33 bits per heavy atom. The molecular formula is C7H21N4O+. The number of rotatable bonds is 3. The molecular weight excluding hydrogens is 156 g/mol. The first-order chi connectivity index (χ1) is 5.29. The summed E-state index contributed by atoms with van der Waals surface area (Å²) in [7, 11) is 6.36. The molecule has 0 atom stereocenters. The predicted molar refractivity (Wildman–Crippen MR) is 50.7 cm³/mol. The van der Waals surface area contributed by atoms with Crippen LogP contribution in [0.3, 0.4) is 0 Å². The van der Waals surface area contributed by atoms with Crippen molar-refractivity contribution < 1.29 is 9.59 Å². The van der Waals surface area contributed by atoms with Crippen molar-refractivity contribution in [1.29, 1.82) is 5.41 Å². The number of nitrogens with zero attached hydrogens (tertiary/aromatic N) is 1. The van der Waals surface area contributed by atoms with Crippen LogP contribution >= 0.6 is 0 Å². The van der Waals surface area contributed by atoms with E-state index in [9.17, 15) is 0 Å². The average Bonchev–Trinajstić information content (AvgIpc) is 1.80. The lowest BCUT2D eigenvalue weighted by molar-refractivity contribution is -0.870. The van der Waals surface area contributed by atoms with Gasteiger partial charge in [0.15, 0.2) is 5.96 Å². The van der Waals surface area contributed by atoms with Crippen molar-refractivity contribution in [3.05, 3.63) is 0 Å². The summed E-state index contributed by atoms with van der Waals surface area (Å²) < 4.78 is 0.945. The van der Waals surface area contributed by atoms with Gasteiger partial charge in [0.25, 0.3) is 0 Å². The van der Waals surface area contributed by atoms with Crippen LogP contribution in [0.2, 0.25) is 0 Å². The number of guanidine groups is 1. The van der Waals surface area contributed by atoms with Gasteiger partial charge in [-0.25, -0.2) is 0 Å². The number of hydrogen-bond acceptors (Lipinski definition) is 2. The zero-order chi connectivity index (χ0) is 10.2. The van der Waals surface area contributed by atoms with Crippen LogP contribution < -0.4 is 11.5 Å². The van der Waals surface area contributed by atoms with E-state index in [1.807, 2.05) is 0 Å². The molecule has 74 valence electrons. The normalized spacial score (nSPS) is 10.0. The van der Waals surface area contributed by atoms with Gasteiger partial charge in [-0.05, 0) is 0 Å². The van der Waals surface area contributed by atoms with E-state index in [-0.39, 0.29) is 5.96 Å². The number of aliphatic hydroxyl groups is 1. The van der Waals surface area contributed by atoms with Crippen molar-refractivity contribution in [3.8, 4) is 0 Å². The quantitative estimate of drug-likeness (QED) is 0.251. The van der Waals surface area contributed by atoms with E-state index in [0.717, 1.165) is 17.4 Å². The van der Waals surface area contributed by atoms with Crippen molar-refractivity contribution in [2.75, 3.05) is 34.3 Å². The van der Waals surface area contributed by atoms with E-state index in [4.69, 9.17) is 10.5 Å². The monoisotopic (exact) mass is 177 g/mol. The Hall–Kier alpha value is -0.810. The summed E-state index contributed by atoms with van der Waals surface area (Å²) in [5.74, 6) is -0.333. The maximum atomic E-state index is 8.42. The van der Waals surface area contributed by atoms with Crippen LogP contribution in [0.4, 0.5) is 0 Å². The van der Waals surface area contributed by atoms with Crippen LogP contribution in [0, 0.1) is 5.41 Å². The van der Waals surface area contributed by atoms with Gasteiger partial charge in [0.05, 0.1) is 27.7 Å². The standard InChI is InChI=1S/C6H16NO.CH5N3/c1-7(2,3)5-4-6-8;2-1(3)4/h8H,4-6H2,1-3H3;(H5,2,3,4)/q+1;. The summed E-state index contributed by atoms with van der Waals surface area (Å²) in [6.45, 7) is 1.37. The SMILES string of the molecule is C[N+](C)(C)CCCO.N=C(N)N. The Kier molecular flexibility index (Phi) is 7.88. The number of hydrogen-bond donors (Lipinski definition) is 4. The van der Waals surface area contributed by atoms with E-state index in [1.54, 1.807) is 0 Å². The summed E-state index contributed by atoms with van der Waals surface area (Å²) in [5.41, 5.74) is 8.94. The topological polar surface area (TPSA) is 96.1 Å². The van der Waals surface area contributed by atoms with Crippen molar-refractivity contribution in [2.24, 2.45) is 11.5 Å². The average molecular weight is 177 g/mol. The number of aliphatic hydroxyl groups excluding tert-OH is 1. The highest BCUT2D eigenvalue weighted by Crippen LogP contribution is 1.90. The number of quaternary nitrogens is 1. The summed E-state index contributed by atoms with van der Waals surface area (Å²) in [4.78, 5) is 0. The molecule has 0 aliphatic carbocycles. The molecule has 0 saturated carbocycles. The van der Waals surface area contributed by atoms with Gasteiger partial charge in [-0.3, -0.25) is 5.41 Å². The molecule has 0 rings (SSSR count). The van der Waals surface area contributed by atoms with E-state index < -0.39 is 0 Å². The second-order valence-electron chi connectivity index (χ2n) is 3.55. The van der Waals surface area contributed by atoms with Gasteiger partial charge in [0.1, 0.15) is 0 Å². The lowest BCUT2D eigenvalue weighted by Crippen LogP contribution is -2.35. The van der Waals surface area contributed by atoms with Gasteiger partial charge in [-0.15, -0.1) is 0 Å². The van der Waals surface area contributed by atoms with E-state index >= 15 is 0 Å². The fraction of sp³-hybridized carbons (Fsp3) is 0.857. The van der Waals surface area contributed by atoms with E-state index in [2.05, 4.69) is 32.6 Å². The van der Waals surface area contributed by atoms with Gasteiger partial charge in [0.2, 0.25) is 0 Å². The summed E-state index contributed by atoms with van der Waals surface area (Å²) in [5, 5.41) is 14.5. The molecule has 0 heterocycles. The third kappa shape index (κ3) is 35.1. The zero-order valence-electron chi connectivity index (χ0n) is 8.17. The molecule has 0 aliphatic heterocycles. The first-order valence-electron chi connectivity index (χ1n) is 3.80. The van der Waals surface area contributed by atoms with E-state index in [1.165, 1.54) is 0 Å². The third-order valence-corrected chi connectivity index (χ3v) is 0.987. The second kappa shape index (κ2) is 6.87. The van der Waals surface area contributed by atoms with Gasteiger partial charge in [-0.1, -0.05) is 0 Å². The van der Waals surface area contributed by atoms with Crippen LogP contribution in [0.15, 0.2) is 0 Å². The lowest BCUT2D eigenvalue weighted by Gasteiger charge is -2.22. The van der Waals surface area contributed by atoms with Crippen molar-refractivity contribution in [2.45, 2.75) is 6.42 Å². The molecule has 5 heteroatoms. The minimum atomic E-state index is -0.333. The molecule has 0 spiro atoms. The van der Waals surface area contributed by atoms with Crippen LogP contribution in [0.1, 0.15) is 6.42 Å². The molecule has 0 aliphatic rings. The minimum Gasteiger partial charge on any atom is -0.396 e. The molecule has 0 bridgehead atoms. The minimum absolute atomic E-state index is 0.315. The molecule has 0 aromatic rings. The fourth-order valence-electron chi connectivity index (χ4n) is 0.545. The molecule has 6 N–H and O–H groups in total. The van der Waals surface area contributed by atoms with Crippen molar-refractivity contribution in [1.82, 2.24) is 0 Å². The van der Waals surface area contributed by atoms with Gasteiger partial charge in [-0.2, -0.15) is 0 Å². The molecule has 0 radical (unpaired) electrons. The van der Waals surface area contributed by atoms with Gasteiger partial charge < -0.3 is 21.1 Å². The van der Waals surface area contributed by atoms with Crippen molar-refractivity contribution in [3.63, 3.8) is 0 Å². The first kappa shape index (κ1) is 13.8. The Morgan fingerprint density at radius 2 is 1.67 bits per heavy atom. The van der Waals surface area contributed by atoms with Crippen LogP contribution in [0.5, 0.6) is 0 Å². The van der Waals surface area contributed by atoms with Gasteiger partial charge >= 0.3 is 0 Å². The molecule has 5 nitrogen and oxygen atoms in total. The molecule has 0 amide bonds. The Labute approximate surface area is 74.1 Å². The van der Waals surface area contributed by atoms with Crippen LogP contribution in [-0.4, -0.2) is 49.8 Å². The molecule has 12 heavy (non-hydrogen) atoms. The van der Waals surface area contributed by atoms with Crippen molar-refractivity contribution >= 4 is 5.96 Å². The van der Waals surface area contributed by atoms with Gasteiger partial charge in [0, 0.05) is 13.0 Å². The fourth-order valence-corrected chi connectivity index (χ4v) is 0.545. The maximum Gasteiger partial charge on any atom is 0.183 e. The lowest BCUT2D eigenvalue weighted by atomic mass is 10.4. The molecule has 0 unspecified atom stereocenters. The molecule has 0 fully saturated rings. The zero-order valence-corrected chi connectivity index (χ0v) is 8.17. The van der Waals surface area contributed by atoms with Crippen LogP contribution in [-0.2, 0) is 0 Å². The first-order valence-corrected chi connectivity index (χ1v) is 3.80. The highest BCUT2D eigenvalue weighted by Gasteiger charge is 2.03. The number of nitrogens with two attached hydrogens (primary N) is 2. The molecule has 0 aromatic heterocycles. The Morgan fingerprint density at radius 3 is 1.75 bits per heavy atom. The van der Waals surface area contributed by atoms with E-state index in [0.29, 0.717) is 6.61 Å². The Bertz CT molecular complexity index is 115.